The van der Waals surface area contributed by atoms with Gasteiger partial charge in [-0.2, -0.15) is 9.67 Å². The van der Waals surface area contributed by atoms with Gasteiger partial charge in [-0.05, 0) is 31.0 Å². The summed E-state index contributed by atoms with van der Waals surface area (Å²) < 4.78 is 14.5. The van der Waals surface area contributed by atoms with Crippen molar-refractivity contribution >= 4 is 11.9 Å². The van der Waals surface area contributed by atoms with E-state index in [4.69, 9.17) is 5.73 Å². The molecule has 5 nitrogen and oxygen atoms in total. The zero-order valence-corrected chi connectivity index (χ0v) is 9.10. The Morgan fingerprint density at radius 2 is 2.24 bits per heavy atom. The van der Waals surface area contributed by atoms with E-state index in [1.165, 1.54) is 16.8 Å². The van der Waals surface area contributed by atoms with E-state index in [2.05, 4.69) is 15.4 Å². The molecule has 1 aromatic carbocycles. The zero-order valence-electron chi connectivity index (χ0n) is 9.10. The second kappa shape index (κ2) is 3.73. The van der Waals surface area contributed by atoms with Crippen LogP contribution in [0, 0.1) is 5.82 Å². The third-order valence-corrected chi connectivity index (χ3v) is 2.60. The molecule has 0 radical (unpaired) electrons. The van der Waals surface area contributed by atoms with Crippen LogP contribution in [0.3, 0.4) is 0 Å². The van der Waals surface area contributed by atoms with Gasteiger partial charge >= 0.3 is 0 Å². The Kier molecular flexibility index (Phi) is 2.21. The molecule has 3 rings (SSSR count). The summed E-state index contributed by atoms with van der Waals surface area (Å²) in [6, 6.07) is 6.54. The second-order valence-corrected chi connectivity index (χ2v) is 4.10. The van der Waals surface area contributed by atoms with Gasteiger partial charge in [0.05, 0.1) is 5.69 Å². The first-order chi connectivity index (χ1) is 8.22. The molecular formula is C11H12FN5. The van der Waals surface area contributed by atoms with Crippen LogP contribution in [0.15, 0.2) is 24.3 Å². The van der Waals surface area contributed by atoms with Crippen LogP contribution in [0.4, 0.5) is 16.3 Å². The maximum Gasteiger partial charge on any atom is 0.244 e. The Balaban J connectivity index is 1.93. The van der Waals surface area contributed by atoms with Crippen molar-refractivity contribution in [2.75, 3.05) is 11.1 Å². The summed E-state index contributed by atoms with van der Waals surface area (Å²) in [5, 5.41) is 7.35. The van der Waals surface area contributed by atoms with Crippen molar-refractivity contribution in [2.24, 2.45) is 0 Å². The highest BCUT2D eigenvalue weighted by Gasteiger charge is 2.23. The molecule has 3 N–H and O–H groups in total. The molecule has 6 heteroatoms. The highest BCUT2D eigenvalue weighted by Crippen LogP contribution is 2.24. The lowest BCUT2D eigenvalue weighted by Gasteiger charge is -2.01. The minimum atomic E-state index is -0.325. The molecule has 0 saturated heterocycles. The minimum absolute atomic E-state index is 0.249. The molecule has 0 unspecified atom stereocenters. The number of hydrogen-bond acceptors (Lipinski definition) is 4. The van der Waals surface area contributed by atoms with Crippen LogP contribution >= 0.6 is 0 Å². The molecule has 88 valence electrons. The maximum absolute atomic E-state index is 13.1. The molecule has 0 atom stereocenters. The van der Waals surface area contributed by atoms with Gasteiger partial charge in [-0.3, -0.25) is 0 Å². The van der Waals surface area contributed by atoms with E-state index in [1.54, 1.807) is 12.1 Å². The van der Waals surface area contributed by atoms with Crippen LogP contribution in [0.2, 0.25) is 0 Å². The largest absolute Gasteiger partial charge is 0.368 e. The fraction of sp³-hybridized carbons (Fsp3) is 0.273. The number of halogens is 1. The van der Waals surface area contributed by atoms with Crippen LogP contribution in [-0.4, -0.2) is 20.8 Å². The van der Waals surface area contributed by atoms with Gasteiger partial charge in [0.2, 0.25) is 11.9 Å². The monoisotopic (exact) mass is 233 g/mol. The van der Waals surface area contributed by atoms with E-state index in [-0.39, 0.29) is 11.8 Å². The predicted molar refractivity (Wildman–Crippen MR) is 62.4 cm³/mol. The van der Waals surface area contributed by atoms with Crippen molar-refractivity contribution in [3.63, 3.8) is 0 Å². The molecule has 17 heavy (non-hydrogen) atoms. The van der Waals surface area contributed by atoms with Crippen LogP contribution in [0.25, 0.3) is 5.69 Å². The summed E-state index contributed by atoms with van der Waals surface area (Å²) in [5.41, 5.74) is 6.31. The van der Waals surface area contributed by atoms with E-state index in [0.29, 0.717) is 17.7 Å². The van der Waals surface area contributed by atoms with Crippen molar-refractivity contribution in [1.82, 2.24) is 14.8 Å². The lowest BCUT2D eigenvalue weighted by Crippen LogP contribution is -2.04. The average Bonchev–Trinajstić information content (AvgIpc) is 3.01. The number of nitrogens with two attached hydrogens (primary N) is 1. The van der Waals surface area contributed by atoms with E-state index in [1.807, 2.05) is 0 Å². The van der Waals surface area contributed by atoms with Crippen molar-refractivity contribution in [1.29, 1.82) is 0 Å². The van der Waals surface area contributed by atoms with E-state index in [0.717, 1.165) is 12.8 Å². The number of nitrogens with one attached hydrogen (secondary N) is 1. The van der Waals surface area contributed by atoms with Gasteiger partial charge in [-0.25, -0.2) is 4.39 Å². The first kappa shape index (κ1) is 10.1. The van der Waals surface area contributed by atoms with Gasteiger partial charge in [-0.15, -0.1) is 5.10 Å². The van der Waals surface area contributed by atoms with Crippen LogP contribution in [0.1, 0.15) is 12.8 Å². The Morgan fingerprint density at radius 1 is 1.41 bits per heavy atom. The van der Waals surface area contributed by atoms with E-state index in [9.17, 15) is 4.39 Å². The number of nitrogen functional groups attached to an aromatic ring is 1. The molecule has 1 saturated carbocycles. The third kappa shape index (κ3) is 2.06. The van der Waals surface area contributed by atoms with Gasteiger partial charge in [-0.1, -0.05) is 6.07 Å². The Morgan fingerprint density at radius 3 is 2.94 bits per heavy atom. The number of anilines is 2. The molecule has 0 spiro atoms. The molecule has 1 heterocycles. The summed E-state index contributed by atoms with van der Waals surface area (Å²) >= 11 is 0. The first-order valence-corrected chi connectivity index (χ1v) is 5.47. The second-order valence-electron chi connectivity index (χ2n) is 4.10. The molecule has 0 aliphatic heterocycles. The number of rotatable bonds is 3. The lowest BCUT2D eigenvalue weighted by molar-refractivity contribution is 0.625. The topological polar surface area (TPSA) is 68.8 Å². The molecule has 0 bridgehead atoms. The lowest BCUT2D eigenvalue weighted by atomic mass is 10.3. The number of nitrogens with zero attached hydrogens (tertiary/aromatic N) is 3. The SMILES string of the molecule is Nc1nc(NC2CC2)nn1-c1cccc(F)c1. The average molecular weight is 233 g/mol. The highest BCUT2D eigenvalue weighted by molar-refractivity contribution is 5.42. The van der Waals surface area contributed by atoms with Crippen molar-refractivity contribution in [3.05, 3.63) is 30.1 Å². The molecule has 1 aromatic heterocycles. The standard InChI is InChI=1S/C11H12FN5/c12-7-2-1-3-9(6-7)17-10(13)15-11(16-17)14-8-4-5-8/h1-3,6,8H,4-5H2,(H3,13,14,15,16). The summed E-state index contributed by atoms with van der Waals surface area (Å²) in [5.74, 6) is 0.419. The summed E-state index contributed by atoms with van der Waals surface area (Å²) in [7, 11) is 0. The Bertz CT molecular complexity index is 547. The smallest absolute Gasteiger partial charge is 0.244 e. The zero-order chi connectivity index (χ0) is 11.8. The minimum Gasteiger partial charge on any atom is -0.368 e. The molecule has 2 aromatic rings. The van der Waals surface area contributed by atoms with Gasteiger partial charge in [0.1, 0.15) is 5.82 Å². The number of benzene rings is 1. The third-order valence-electron chi connectivity index (χ3n) is 2.60. The number of aromatic nitrogens is 3. The maximum atomic E-state index is 13.1. The molecule has 1 fully saturated rings. The van der Waals surface area contributed by atoms with E-state index < -0.39 is 0 Å². The van der Waals surface area contributed by atoms with Crippen molar-refractivity contribution in [3.8, 4) is 5.69 Å². The summed E-state index contributed by atoms with van der Waals surface area (Å²) in [6.45, 7) is 0. The Labute approximate surface area is 97.5 Å². The van der Waals surface area contributed by atoms with Gasteiger partial charge in [0.25, 0.3) is 0 Å². The molecular weight excluding hydrogens is 221 g/mol. The van der Waals surface area contributed by atoms with Gasteiger partial charge in [0, 0.05) is 6.04 Å². The Hall–Kier alpha value is -2.11. The predicted octanol–water partition coefficient (Wildman–Crippen LogP) is 1.56. The van der Waals surface area contributed by atoms with Crippen LogP contribution in [-0.2, 0) is 0 Å². The van der Waals surface area contributed by atoms with Crippen molar-refractivity contribution in [2.45, 2.75) is 18.9 Å². The van der Waals surface area contributed by atoms with Gasteiger partial charge in [0.15, 0.2) is 0 Å². The molecule has 0 amide bonds. The summed E-state index contributed by atoms with van der Waals surface area (Å²) in [4.78, 5) is 4.09. The molecule has 1 aliphatic rings. The fourth-order valence-corrected chi connectivity index (χ4v) is 1.59. The summed E-state index contributed by atoms with van der Waals surface area (Å²) in [6.07, 6.45) is 2.27. The van der Waals surface area contributed by atoms with Crippen molar-refractivity contribution < 1.29 is 4.39 Å². The quantitative estimate of drug-likeness (QED) is 0.844. The van der Waals surface area contributed by atoms with Crippen LogP contribution < -0.4 is 11.1 Å². The van der Waals surface area contributed by atoms with E-state index >= 15 is 0 Å². The normalized spacial score (nSPS) is 14.9. The number of hydrogen-bond donors (Lipinski definition) is 2. The van der Waals surface area contributed by atoms with Gasteiger partial charge < -0.3 is 11.1 Å². The molecule has 1 aliphatic carbocycles. The first-order valence-electron chi connectivity index (χ1n) is 5.47. The fourth-order valence-electron chi connectivity index (χ4n) is 1.59. The highest BCUT2D eigenvalue weighted by atomic mass is 19.1. The van der Waals surface area contributed by atoms with Crippen LogP contribution in [0.5, 0.6) is 0 Å².